The summed E-state index contributed by atoms with van der Waals surface area (Å²) in [6.45, 7) is 4.71. The highest BCUT2D eigenvalue weighted by atomic mass is 35.5. The average Bonchev–Trinajstić information content (AvgIpc) is 2.92. The van der Waals surface area contributed by atoms with Crippen LogP contribution in [0.25, 0.3) is 0 Å². The molecule has 2 aromatic heterocycles. The number of rotatable bonds is 4. The van der Waals surface area contributed by atoms with Crippen LogP contribution < -0.4 is 15.2 Å². The molecular formula is C12H29ClN4O17P4S. The van der Waals surface area contributed by atoms with Gasteiger partial charge in [0.2, 0.25) is 5.51 Å². The molecule has 2 rings (SSSR count). The number of phosphoric acid groups is 4. The van der Waals surface area contributed by atoms with Gasteiger partial charge in [-0.3, -0.25) is 4.57 Å². The maximum atomic E-state index is 8.98. The summed E-state index contributed by atoms with van der Waals surface area (Å²) in [5.74, 6) is 1.22. The van der Waals surface area contributed by atoms with Gasteiger partial charge in [0.05, 0.1) is 10.4 Å². The second-order valence-electron chi connectivity index (χ2n) is 6.19. The van der Waals surface area contributed by atoms with Crippen LogP contribution in [-0.4, -0.2) is 75.5 Å². The highest BCUT2D eigenvalue weighted by molar-refractivity contribution is 7.45. The van der Waals surface area contributed by atoms with Crippen molar-refractivity contribution in [2.45, 2.75) is 26.8 Å². The van der Waals surface area contributed by atoms with Crippen molar-refractivity contribution in [2.24, 2.45) is 0 Å². The van der Waals surface area contributed by atoms with Crippen molar-refractivity contribution in [3.8, 4) is 0 Å². The first kappa shape index (κ1) is 45.2. The molecule has 0 amide bonds. The molecule has 0 spiro atoms. The van der Waals surface area contributed by atoms with Crippen molar-refractivity contribution in [3.63, 3.8) is 0 Å². The van der Waals surface area contributed by atoms with Gasteiger partial charge in [0.1, 0.15) is 11.6 Å². The number of aryl methyl sites for hydroxylation is 1. The number of aliphatic hydroxyl groups is 1. The Bertz CT molecular complexity index is 1050. The first-order valence-electron chi connectivity index (χ1n) is 8.88. The number of nitrogen functional groups attached to an aromatic ring is 1. The van der Waals surface area contributed by atoms with E-state index >= 15 is 0 Å². The van der Waals surface area contributed by atoms with Crippen LogP contribution in [0.1, 0.15) is 22.0 Å². The molecule has 14 N–H and O–H groups in total. The third-order valence-corrected chi connectivity index (χ3v) is 4.00. The summed E-state index contributed by atoms with van der Waals surface area (Å²) in [4.78, 5) is 97.1. The maximum absolute atomic E-state index is 8.98. The van der Waals surface area contributed by atoms with Crippen LogP contribution in [0, 0.1) is 13.8 Å². The summed E-state index contributed by atoms with van der Waals surface area (Å²) < 4.78 is 37.5. The molecule has 0 fully saturated rings. The first-order valence-corrected chi connectivity index (χ1v) is 16.0. The van der Waals surface area contributed by atoms with Crippen molar-refractivity contribution < 1.29 is 86.7 Å². The zero-order chi connectivity index (χ0) is 31.1. The molecular weight excluding hydrogens is 664 g/mol. The van der Waals surface area contributed by atoms with Crippen LogP contribution in [-0.2, 0) is 31.2 Å². The topological polar surface area (TPSA) is 390 Å². The van der Waals surface area contributed by atoms with Gasteiger partial charge >= 0.3 is 23.5 Å². The second-order valence-corrected chi connectivity index (χ2v) is 11.2. The molecule has 0 radical (unpaired) electrons. The van der Waals surface area contributed by atoms with E-state index in [2.05, 4.69) is 14.5 Å². The molecule has 0 aromatic carbocycles. The quantitative estimate of drug-likeness (QED) is 0.110. The maximum Gasteiger partial charge on any atom is 0.466 e. The number of anilines is 1. The van der Waals surface area contributed by atoms with Crippen molar-refractivity contribution in [1.29, 1.82) is 0 Å². The summed E-state index contributed by atoms with van der Waals surface area (Å²) in [6.07, 6.45) is 2.47. The standard InChI is InChI=1S/C12H17N4OS.ClH.4H3O4P/c1-8-11(3-4-17)18-7-16(8)6-10-5-14-9(2)15-12(10)13;;4*1-5(2,3)4/h5,7,17H,3-4,6H2,1-2H3,(H2,13,14,15);1H;4*(H3,1,2,3,4)/q+1;;;;;/p-1. The SMILES string of the molecule is Cc1ncc(C[n+]2csc(CCO)c2C)c(N)n1.Cl.O=P(O)(O)O.O=P(O)(O)O.O=P(O)(O)O.O=P([O-])(O)O. The molecule has 2 aromatic rings. The van der Waals surface area contributed by atoms with E-state index in [-0.39, 0.29) is 19.0 Å². The van der Waals surface area contributed by atoms with E-state index in [1.54, 1.807) is 17.5 Å². The predicted molar refractivity (Wildman–Crippen MR) is 132 cm³/mol. The lowest BCUT2D eigenvalue weighted by molar-refractivity contribution is -0.689. The highest BCUT2D eigenvalue weighted by Crippen LogP contribution is 2.26. The average molecular weight is 693 g/mol. The van der Waals surface area contributed by atoms with Crippen molar-refractivity contribution in [1.82, 2.24) is 9.97 Å². The summed E-state index contributed by atoms with van der Waals surface area (Å²) in [7, 11) is -18.8. The smallest absolute Gasteiger partial charge is 0.466 e. The fraction of sp³-hybridized carbons (Fsp3) is 0.417. The molecule has 232 valence electrons. The fourth-order valence-corrected chi connectivity index (χ4v) is 2.75. The first-order chi connectivity index (χ1) is 16.6. The third kappa shape index (κ3) is 44.5. The van der Waals surface area contributed by atoms with E-state index < -0.39 is 31.3 Å². The van der Waals surface area contributed by atoms with Gasteiger partial charge < -0.3 is 69.6 Å². The lowest BCUT2D eigenvalue weighted by atomic mass is 10.2. The Morgan fingerprint density at radius 1 is 0.897 bits per heavy atom. The van der Waals surface area contributed by atoms with E-state index in [0.29, 0.717) is 24.6 Å². The largest absolute Gasteiger partial charge is 0.756 e. The molecule has 0 saturated heterocycles. The van der Waals surface area contributed by atoms with Crippen molar-refractivity contribution in [3.05, 3.63) is 33.7 Å². The number of nitrogens with two attached hydrogens (primary N) is 1. The molecule has 0 bridgehead atoms. The van der Waals surface area contributed by atoms with E-state index in [4.69, 9.17) is 87.8 Å². The van der Waals surface area contributed by atoms with Gasteiger partial charge in [-0.15, -0.1) is 12.4 Å². The van der Waals surface area contributed by atoms with Crippen LogP contribution >= 0.6 is 55.0 Å². The minimum atomic E-state index is -4.89. The lowest BCUT2D eigenvalue weighted by Gasteiger charge is -2.01. The van der Waals surface area contributed by atoms with Gasteiger partial charge in [-0.2, -0.15) is 4.57 Å². The lowest BCUT2D eigenvalue weighted by Crippen LogP contribution is -2.35. The number of nitrogens with zero attached hydrogens (tertiary/aromatic N) is 3. The van der Waals surface area contributed by atoms with E-state index in [0.717, 1.165) is 11.3 Å². The predicted octanol–water partition coefficient (Wildman–Crippen LogP) is -3.32. The fourth-order valence-electron chi connectivity index (χ4n) is 1.77. The summed E-state index contributed by atoms with van der Waals surface area (Å²) in [6, 6.07) is 0. The van der Waals surface area contributed by atoms with Crippen molar-refractivity contribution in [2.75, 3.05) is 12.3 Å². The van der Waals surface area contributed by atoms with Crippen LogP contribution in [0.3, 0.4) is 0 Å². The van der Waals surface area contributed by atoms with Crippen LogP contribution in [0.5, 0.6) is 0 Å². The van der Waals surface area contributed by atoms with Gasteiger partial charge in [0.15, 0.2) is 12.2 Å². The molecule has 39 heavy (non-hydrogen) atoms. The zero-order valence-corrected chi connectivity index (χ0v) is 24.9. The molecule has 21 nitrogen and oxygen atoms in total. The Hall–Kier alpha value is -0.800. The zero-order valence-electron chi connectivity index (χ0n) is 19.7. The van der Waals surface area contributed by atoms with Crippen LogP contribution in [0.15, 0.2) is 11.7 Å². The minimum absolute atomic E-state index is 0. The number of halogens is 1. The van der Waals surface area contributed by atoms with E-state index in [1.807, 2.05) is 19.4 Å². The Morgan fingerprint density at radius 3 is 1.56 bits per heavy atom. The molecule has 0 saturated carbocycles. The van der Waals surface area contributed by atoms with Crippen LogP contribution in [0.4, 0.5) is 5.82 Å². The van der Waals surface area contributed by atoms with Crippen LogP contribution in [0.2, 0.25) is 0 Å². The molecule has 0 unspecified atom stereocenters. The number of hydrogen-bond acceptors (Lipinski definition) is 10. The van der Waals surface area contributed by atoms with Gasteiger partial charge in [0, 0.05) is 26.1 Å². The van der Waals surface area contributed by atoms with E-state index in [1.165, 1.54) is 4.88 Å². The number of thiazole rings is 1. The highest BCUT2D eigenvalue weighted by Gasteiger charge is 2.17. The van der Waals surface area contributed by atoms with Gasteiger partial charge in [-0.25, -0.2) is 23.7 Å². The summed E-state index contributed by atoms with van der Waals surface area (Å²) >= 11 is 1.65. The van der Waals surface area contributed by atoms with E-state index in [9.17, 15) is 0 Å². The molecule has 27 heteroatoms. The minimum Gasteiger partial charge on any atom is -0.756 e. The molecule has 0 aliphatic heterocycles. The van der Waals surface area contributed by atoms with Gasteiger partial charge in [-0.1, -0.05) is 11.3 Å². The molecule has 2 heterocycles. The Morgan fingerprint density at radius 2 is 1.26 bits per heavy atom. The summed E-state index contributed by atoms with van der Waals surface area (Å²) in [5, 5.41) is 8.98. The van der Waals surface area contributed by atoms with Gasteiger partial charge in [0.25, 0.3) is 7.82 Å². The molecule has 0 aliphatic carbocycles. The Labute approximate surface area is 230 Å². The second kappa shape index (κ2) is 20.1. The Kier molecular flexibility index (Phi) is 23.3. The van der Waals surface area contributed by atoms with Crippen molar-refractivity contribution >= 4 is 60.9 Å². The number of aliphatic hydroxyl groups excluding tert-OH is 1. The number of aromatic nitrogens is 3. The molecule has 0 aliphatic rings. The summed E-state index contributed by atoms with van der Waals surface area (Å²) in [5.41, 5.74) is 10.0. The van der Waals surface area contributed by atoms with Gasteiger partial charge in [-0.05, 0) is 6.92 Å². The Balaban J connectivity index is -0.000000241. The monoisotopic (exact) mass is 692 g/mol. The third-order valence-electron chi connectivity index (χ3n) is 2.85. The normalized spacial score (nSPS) is 11.1. The molecule has 0 atom stereocenters. The number of hydrogen-bond donors (Lipinski definition) is 13.